The number of unbranched alkanes of at least 4 members (excludes halogenated alkanes) is 2. The Hall–Kier alpha value is -10.3. The second kappa shape index (κ2) is 31.1. The van der Waals surface area contributed by atoms with E-state index >= 15 is 0 Å². The van der Waals surface area contributed by atoms with Crippen LogP contribution in [0.4, 0.5) is 26.7 Å². The molecule has 5 aliphatic rings. The van der Waals surface area contributed by atoms with E-state index in [0.717, 1.165) is 36.8 Å². The summed E-state index contributed by atoms with van der Waals surface area (Å²) in [5.41, 5.74) is 9.09. The SMILES string of the molecule is CC(C)C(NC(=O)CCCCCN1C(=O)C=CC1=O)C(=O)N[C@@H](CCCNC(N)=O)C(=O)Nc1ccc(COC(=O)N(CCCNC(=O)CN2C(=O)c3cccc4c(N5CCOCC5)ccc(c34)C2=O)CCN2C(=O)c3cccc4c(N5CCOCC5)ccc(c34)C2=O)cc1. The number of ether oxygens (including phenoxy) is 3. The van der Waals surface area contributed by atoms with Crippen molar-refractivity contribution in [2.45, 2.75) is 77.5 Å². The third-order valence-corrected chi connectivity index (χ3v) is 17.4. The maximum atomic E-state index is 14.3. The lowest BCUT2D eigenvalue weighted by Crippen LogP contribution is -2.54. The van der Waals surface area contributed by atoms with Gasteiger partial charge in [0.2, 0.25) is 23.6 Å². The molecule has 5 aromatic carbocycles. The first-order valence-electron chi connectivity index (χ1n) is 32.1. The van der Waals surface area contributed by atoms with Crippen LogP contribution in [0.25, 0.3) is 21.5 Å². The fourth-order valence-corrected chi connectivity index (χ4v) is 12.3. The first kappa shape index (κ1) is 67.6. The van der Waals surface area contributed by atoms with Crippen molar-refractivity contribution in [1.82, 2.24) is 40.9 Å². The molecular formula is C68H78N12O15. The van der Waals surface area contributed by atoms with Gasteiger partial charge in [0.1, 0.15) is 25.2 Å². The van der Waals surface area contributed by atoms with Gasteiger partial charge in [-0.05, 0) is 92.1 Å². The van der Waals surface area contributed by atoms with Crippen molar-refractivity contribution in [2.75, 3.05) is 114 Å². The number of rotatable bonds is 29. The van der Waals surface area contributed by atoms with Crippen molar-refractivity contribution in [3.8, 4) is 0 Å². The summed E-state index contributed by atoms with van der Waals surface area (Å²) in [5.74, 6) is -5.70. The van der Waals surface area contributed by atoms with Crippen LogP contribution >= 0.6 is 0 Å². The largest absolute Gasteiger partial charge is 0.445 e. The second-order valence-corrected chi connectivity index (χ2v) is 24.1. The highest BCUT2D eigenvalue weighted by molar-refractivity contribution is 6.28. The number of hydrogen-bond acceptors (Lipinski definition) is 17. The number of anilines is 3. The number of urea groups is 1. The van der Waals surface area contributed by atoms with Crippen LogP contribution < -0.4 is 42.1 Å². The summed E-state index contributed by atoms with van der Waals surface area (Å²) < 4.78 is 16.9. The Labute approximate surface area is 547 Å². The fraction of sp³-hybridized carbons (Fsp3) is 0.412. The molecule has 5 heterocycles. The van der Waals surface area contributed by atoms with Gasteiger partial charge in [0, 0.05) is 145 Å². The van der Waals surface area contributed by atoms with Gasteiger partial charge >= 0.3 is 12.1 Å². The predicted molar refractivity (Wildman–Crippen MR) is 349 cm³/mol. The smallest absolute Gasteiger partial charge is 0.410 e. The summed E-state index contributed by atoms with van der Waals surface area (Å²) in [5, 5.41) is 16.1. The molecule has 0 spiro atoms. The normalized spacial score (nSPS) is 16.0. The molecule has 95 heavy (non-hydrogen) atoms. The van der Waals surface area contributed by atoms with Gasteiger partial charge in [-0.1, -0.05) is 56.7 Å². The Morgan fingerprint density at radius 3 is 1.69 bits per heavy atom. The monoisotopic (exact) mass is 1300 g/mol. The van der Waals surface area contributed by atoms with Crippen LogP contribution in [-0.4, -0.2) is 201 Å². The van der Waals surface area contributed by atoms with Gasteiger partial charge in [-0.3, -0.25) is 62.6 Å². The number of amides is 13. The quantitative estimate of drug-likeness (QED) is 0.0289. The van der Waals surface area contributed by atoms with Crippen molar-refractivity contribution in [2.24, 2.45) is 11.7 Å². The van der Waals surface area contributed by atoms with Crippen molar-refractivity contribution >= 4 is 110 Å². The molecule has 5 aliphatic heterocycles. The molecule has 0 aliphatic carbocycles. The van der Waals surface area contributed by atoms with Crippen molar-refractivity contribution < 1.29 is 71.7 Å². The molecule has 5 aromatic rings. The first-order chi connectivity index (χ1) is 45.9. The highest BCUT2D eigenvalue weighted by Crippen LogP contribution is 2.38. The fourth-order valence-electron chi connectivity index (χ4n) is 12.3. The van der Waals surface area contributed by atoms with E-state index in [4.69, 9.17) is 19.9 Å². The van der Waals surface area contributed by atoms with Gasteiger partial charge in [0.05, 0.1) is 26.4 Å². The lowest BCUT2D eigenvalue weighted by atomic mass is 9.92. The minimum atomic E-state index is -1.14. The average Bonchev–Trinajstić information content (AvgIpc) is 0.988. The van der Waals surface area contributed by atoms with Crippen LogP contribution in [-0.2, 0) is 49.6 Å². The van der Waals surface area contributed by atoms with E-state index < -0.39 is 83.9 Å². The van der Waals surface area contributed by atoms with Crippen molar-refractivity contribution in [1.29, 1.82) is 0 Å². The maximum Gasteiger partial charge on any atom is 0.410 e. The van der Waals surface area contributed by atoms with E-state index in [1.165, 1.54) is 17.1 Å². The number of nitrogens with zero attached hydrogens (tertiary/aromatic N) is 6. The van der Waals surface area contributed by atoms with E-state index in [9.17, 15) is 57.5 Å². The van der Waals surface area contributed by atoms with E-state index in [-0.39, 0.29) is 83.4 Å². The summed E-state index contributed by atoms with van der Waals surface area (Å²) >= 11 is 0. The van der Waals surface area contributed by atoms with E-state index in [1.54, 1.807) is 74.5 Å². The van der Waals surface area contributed by atoms with Crippen LogP contribution in [0.2, 0.25) is 0 Å². The molecule has 27 heteroatoms. The van der Waals surface area contributed by atoms with Gasteiger partial charge in [0.25, 0.3) is 35.4 Å². The number of nitrogens with two attached hydrogens (primary N) is 1. The molecule has 2 atom stereocenters. The minimum Gasteiger partial charge on any atom is -0.445 e. The van der Waals surface area contributed by atoms with Crippen molar-refractivity contribution in [3.63, 3.8) is 0 Å². The lowest BCUT2D eigenvalue weighted by molar-refractivity contribution is -0.137. The molecule has 10 rings (SSSR count). The Balaban J connectivity index is 0.768. The van der Waals surface area contributed by atoms with Crippen LogP contribution in [0.5, 0.6) is 0 Å². The summed E-state index contributed by atoms with van der Waals surface area (Å²) in [7, 11) is 0. The summed E-state index contributed by atoms with van der Waals surface area (Å²) in [4.78, 5) is 169. The number of carbonyl (C=O) groups is 12. The van der Waals surface area contributed by atoms with Crippen LogP contribution in [0, 0.1) is 5.92 Å². The zero-order valence-electron chi connectivity index (χ0n) is 53.1. The molecule has 27 nitrogen and oxygen atoms in total. The highest BCUT2D eigenvalue weighted by atomic mass is 16.6. The molecule has 0 bridgehead atoms. The van der Waals surface area contributed by atoms with Gasteiger partial charge in [0.15, 0.2) is 0 Å². The van der Waals surface area contributed by atoms with Crippen LogP contribution in [0.1, 0.15) is 106 Å². The van der Waals surface area contributed by atoms with E-state index in [2.05, 4.69) is 36.4 Å². The molecular weight excluding hydrogens is 1220 g/mol. The number of primary amides is 1. The Kier molecular flexibility index (Phi) is 22.1. The van der Waals surface area contributed by atoms with E-state index in [0.29, 0.717) is 116 Å². The Morgan fingerprint density at radius 2 is 1.13 bits per heavy atom. The van der Waals surface area contributed by atoms with Gasteiger partial charge in [-0.15, -0.1) is 0 Å². The zero-order chi connectivity index (χ0) is 67.3. The topological polar surface area (TPSA) is 338 Å². The third-order valence-electron chi connectivity index (χ3n) is 17.4. The second-order valence-electron chi connectivity index (χ2n) is 24.1. The lowest BCUT2D eigenvalue weighted by Gasteiger charge is -2.33. The molecule has 7 N–H and O–H groups in total. The number of morpholine rings is 2. The number of carbonyl (C=O) groups excluding carboxylic acids is 12. The molecule has 2 fully saturated rings. The molecule has 0 saturated carbocycles. The van der Waals surface area contributed by atoms with Crippen LogP contribution in [0.15, 0.2) is 97.1 Å². The molecule has 0 radical (unpaired) electrons. The summed E-state index contributed by atoms with van der Waals surface area (Å²) in [6, 6.07) is 21.1. The maximum absolute atomic E-state index is 14.3. The van der Waals surface area contributed by atoms with Gasteiger partial charge in [-0.2, -0.15) is 0 Å². The molecule has 1 unspecified atom stereocenters. The van der Waals surface area contributed by atoms with Gasteiger partial charge in [-0.25, -0.2) is 9.59 Å². The number of imide groups is 3. The number of hydrogen-bond donors (Lipinski definition) is 6. The van der Waals surface area contributed by atoms with Gasteiger partial charge < -0.3 is 61.2 Å². The zero-order valence-corrected chi connectivity index (χ0v) is 53.1. The molecule has 0 aromatic heterocycles. The number of benzene rings is 5. The first-order valence-corrected chi connectivity index (χ1v) is 32.1. The summed E-state index contributed by atoms with van der Waals surface area (Å²) in [6.45, 7) is 7.28. The highest BCUT2D eigenvalue weighted by Gasteiger charge is 2.38. The Morgan fingerprint density at radius 1 is 0.568 bits per heavy atom. The van der Waals surface area contributed by atoms with Crippen molar-refractivity contribution in [3.05, 3.63) is 125 Å². The molecule has 2 saturated heterocycles. The Bertz CT molecular complexity index is 3780. The van der Waals surface area contributed by atoms with Crippen LogP contribution in [0.3, 0.4) is 0 Å². The average molecular weight is 1300 g/mol. The minimum absolute atomic E-state index is 0.0106. The third kappa shape index (κ3) is 16.0. The molecule has 500 valence electrons. The standard InChI is InChI=1S/C68H78N12O15/c1-42(2)60(74-54(81)15-4-3-5-29-78-56(83)24-25-57(78)84)62(86)73-51(14-8-26-71-67(69)91)61(85)72-44-18-16-43(17-19-44)41-95-68(92)77(30-31-79-63(87)47-12-6-10-45-52(75-32-36-93-37-33-75)22-20-49(58(45)47)64(79)88)28-9-27-70-55(82)40-80-65(89)48-13-7-11-46-53(76-34-38-94-39-35-76)23-21-50(59(46)48)66(80)90/h6-7,10-13,16-25,42,51,60H,3-5,8-9,14-15,26-41H2,1-2H3,(H,70,82)(H,72,85)(H,73,86)(H,74,81)(H3,69,71,91)/t51-,60?/m0/s1. The summed E-state index contributed by atoms with van der Waals surface area (Å²) in [6.07, 6.45) is 3.60. The van der Waals surface area contributed by atoms with E-state index in [1.807, 2.05) is 24.3 Å². The molecule has 13 amide bonds. The number of nitrogens with one attached hydrogen (secondary N) is 5. The predicted octanol–water partition coefficient (Wildman–Crippen LogP) is 4.20.